The number of hydrogen-bond acceptors (Lipinski definition) is 3. The number of hydrogen-bond donors (Lipinski definition) is 0. The van der Waals surface area contributed by atoms with Crippen molar-refractivity contribution in [2.45, 2.75) is 50.9 Å². The van der Waals surface area contributed by atoms with Crippen LogP contribution in [0.25, 0.3) is 0 Å². The van der Waals surface area contributed by atoms with Crippen molar-refractivity contribution in [3.05, 3.63) is 23.4 Å². The van der Waals surface area contributed by atoms with E-state index >= 15 is 0 Å². The lowest BCUT2D eigenvalue weighted by Gasteiger charge is -2.56. The lowest BCUT2D eigenvalue weighted by atomic mass is 9.49. The maximum atomic E-state index is 9.20. The zero-order valence-corrected chi connectivity index (χ0v) is 12.6. The van der Waals surface area contributed by atoms with E-state index in [0.29, 0.717) is 18.1 Å². The lowest BCUT2D eigenvalue weighted by Crippen LogP contribution is -2.48. The van der Waals surface area contributed by atoms with E-state index in [0.717, 1.165) is 17.8 Å². The largest absolute Gasteiger partial charge is 0.477 e. The summed E-state index contributed by atoms with van der Waals surface area (Å²) in [6.07, 6.45) is 8.20. The smallest absolute Gasteiger partial charge is 0.231 e. The molecular weight excluding hydrogens is 260 g/mol. The summed E-state index contributed by atoms with van der Waals surface area (Å²) in [4.78, 5) is 4.78. The number of nitrogens with zero attached hydrogens (tertiary/aromatic N) is 2. The van der Waals surface area contributed by atoms with Crippen LogP contribution in [0.3, 0.4) is 0 Å². The summed E-state index contributed by atoms with van der Waals surface area (Å²) >= 11 is 0. The fraction of sp³-hybridized carbons (Fsp3) is 0.667. The van der Waals surface area contributed by atoms with Gasteiger partial charge in [0.25, 0.3) is 0 Å². The van der Waals surface area contributed by atoms with E-state index in [1.807, 2.05) is 13.0 Å². The van der Waals surface area contributed by atoms with Gasteiger partial charge in [0.1, 0.15) is 11.6 Å². The van der Waals surface area contributed by atoms with Gasteiger partial charge < -0.3 is 4.74 Å². The first kappa shape index (κ1) is 13.1. The molecule has 0 radical (unpaired) electrons. The summed E-state index contributed by atoms with van der Waals surface area (Å²) in [6.45, 7) is 2.51. The van der Waals surface area contributed by atoms with Gasteiger partial charge in [0.15, 0.2) is 0 Å². The molecule has 0 aliphatic heterocycles. The third-order valence-electron chi connectivity index (χ3n) is 5.84. The number of pyridine rings is 1. The number of ether oxygens (including phenoxy) is 1. The van der Waals surface area contributed by atoms with Gasteiger partial charge in [-0.25, -0.2) is 4.98 Å². The lowest BCUT2D eigenvalue weighted by molar-refractivity contribution is -0.00744. The first-order valence-electron chi connectivity index (χ1n) is 8.27. The summed E-state index contributed by atoms with van der Waals surface area (Å²) < 4.78 is 5.60. The highest BCUT2D eigenvalue weighted by Crippen LogP contribution is 2.60. The van der Waals surface area contributed by atoms with Gasteiger partial charge in [0, 0.05) is 5.41 Å². The molecule has 3 heteroatoms. The molecule has 4 fully saturated rings. The molecule has 21 heavy (non-hydrogen) atoms. The second kappa shape index (κ2) is 4.73. The van der Waals surface area contributed by atoms with Crippen LogP contribution < -0.4 is 4.74 Å². The van der Waals surface area contributed by atoms with Crippen LogP contribution in [0.15, 0.2) is 12.1 Å². The minimum absolute atomic E-state index is 0.272. The van der Waals surface area contributed by atoms with Gasteiger partial charge in [-0.05, 0) is 75.3 Å². The van der Waals surface area contributed by atoms with E-state index in [2.05, 4.69) is 12.1 Å². The Balaban J connectivity index is 1.73. The first-order valence-corrected chi connectivity index (χ1v) is 8.27. The summed E-state index contributed by atoms with van der Waals surface area (Å²) in [7, 11) is 0. The fourth-order valence-electron chi connectivity index (χ4n) is 5.49. The average molecular weight is 282 g/mol. The molecule has 4 aliphatic carbocycles. The highest BCUT2D eigenvalue weighted by atomic mass is 16.5. The second-order valence-corrected chi connectivity index (χ2v) is 7.29. The molecule has 1 aromatic heterocycles. The van der Waals surface area contributed by atoms with E-state index in [9.17, 15) is 5.26 Å². The van der Waals surface area contributed by atoms with Gasteiger partial charge in [0.05, 0.1) is 12.3 Å². The third-order valence-corrected chi connectivity index (χ3v) is 5.84. The summed E-state index contributed by atoms with van der Waals surface area (Å²) in [5.74, 6) is 3.26. The topological polar surface area (TPSA) is 45.9 Å². The van der Waals surface area contributed by atoms with Crippen molar-refractivity contribution in [3.8, 4) is 11.9 Å². The molecule has 0 N–H and O–H groups in total. The normalized spacial score (nSPS) is 36.5. The van der Waals surface area contributed by atoms with Crippen molar-refractivity contribution in [1.29, 1.82) is 5.26 Å². The summed E-state index contributed by atoms with van der Waals surface area (Å²) in [5, 5.41) is 9.20. The SMILES string of the molecule is CCOc1nc(C23CC4CC(CC(C4)C2)C3)ccc1C#N. The van der Waals surface area contributed by atoms with Gasteiger partial charge in [0.2, 0.25) is 5.88 Å². The highest BCUT2D eigenvalue weighted by molar-refractivity contribution is 5.40. The van der Waals surface area contributed by atoms with Crippen LogP contribution in [0.2, 0.25) is 0 Å². The molecule has 1 heterocycles. The number of nitriles is 1. The Morgan fingerprint density at radius 2 is 1.81 bits per heavy atom. The molecule has 1 aromatic rings. The van der Waals surface area contributed by atoms with E-state index < -0.39 is 0 Å². The maximum Gasteiger partial charge on any atom is 0.231 e. The predicted octanol–water partition coefficient (Wildman–Crippen LogP) is 3.82. The van der Waals surface area contributed by atoms with Gasteiger partial charge in [-0.15, -0.1) is 0 Å². The summed E-state index contributed by atoms with van der Waals surface area (Å²) in [6, 6.07) is 6.19. The fourth-order valence-corrected chi connectivity index (χ4v) is 5.49. The molecule has 0 saturated heterocycles. The van der Waals surface area contributed by atoms with Crippen LogP contribution in [0, 0.1) is 29.1 Å². The van der Waals surface area contributed by atoms with Crippen LogP contribution in [-0.2, 0) is 5.41 Å². The zero-order valence-electron chi connectivity index (χ0n) is 12.6. The number of rotatable bonds is 3. The molecule has 4 bridgehead atoms. The average Bonchev–Trinajstić information content (AvgIpc) is 2.46. The predicted molar refractivity (Wildman–Crippen MR) is 80.0 cm³/mol. The standard InChI is InChI=1S/C18H22N2O/c1-2-21-17-15(11-19)3-4-16(20-17)18-8-12-5-13(9-18)7-14(6-12)10-18/h3-4,12-14H,2,5-10H2,1H3. The van der Waals surface area contributed by atoms with Crippen molar-refractivity contribution in [1.82, 2.24) is 4.98 Å². The van der Waals surface area contributed by atoms with Crippen molar-refractivity contribution in [2.24, 2.45) is 17.8 Å². The zero-order chi connectivity index (χ0) is 14.4. The van der Waals surface area contributed by atoms with Crippen LogP contribution in [0.1, 0.15) is 56.7 Å². The molecule has 4 aliphatic rings. The Morgan fingerprint density at radius 1 is 1.19 bits per heavy atom. The minimum atomic E-state index is 0.272. The Kier molecular flexibility index (Phi) is 2.96. The molecular formula is C18H22N2O. The van der Waals surface area contributed by atoms with Crippen LogP contribution in [0.4, 0.5) is 0 Å². The Hall–Kier alpha value is -1.56. The molecule has 0 amide bonds. The van der Waals surface area contributed by atoms with Crippen molar-refractivity contribution in [3.63, 3.8) is 0 Å². The van der Waals surface area contributed by atoms with Crippen LogP contribution >= 0.6 is 0 Å². The molecule has 4 saturated carbocycles. The van der Waals surface area contributed by atoms with Crippen molar-refractivity contribution in [2.75, 3.05) is 6.61 Å². The van der Waals surface area contributed by atoms with Gasteiger partial charge in [-0.2, -0.15) is 5.26 Å². The molecule has 5 rings (SSSR count). The highest BCUT2D eigenvalue weighted by Gasteiger charge is 2.52. The van der Waals surface area contributed by atoms with Gasteiger partial charge in [-0.1, -0.05) is 0 Å². The number of aromatic nitrogens is 1. The van der Waals surface area contributed by atoms with E-state index in [1.165, 1.54) is 44.2 Å². The Morgan fingerprint density at radius 3 is 2.33 bits per heavy atom. The second-order valence-electron chi connectivity index (χ2n) is 7.29. The first-order chi connectivity index (χ1) is 10.2. The van der Waals surface area contributed by atoms with Gasteiger partial charge >= 0.3 is 0 Å². The Labute approximate surface area is 126 Å². The molecule has 0 spiro atoms. The minimum Gasteiger partial charge on any atom is -0.477 e. The van der Waals surface area contributed by atoms with Crippen molar-refractivity contribution < 1.29 is 4.74 Å². The van der Waals surface area contributed by atoms with Crippen molar-refractivity contribution >= 4 is 0 Å². The van der Waals surface area contributed by atoms with Gasteiger partial charge in [-0.3, -0.25) is 0 Å². The maximum absolute atomic E-state index is 9.20. The molecule has 0 aromatic carbocycles. The van der Waals surface area contributed by atoms with E-state index in [-0.39, 0.29) is 5.41 Å². The monoisotopic (exact) mass is 282 g/mol. The van der Waals surface area contributed by atoms with E-state index in [4.69, 9.17) is 9.72 Å². The molecule has 0 unspecified atom stereocenters. The Bertz CT molecular complexity index is 566. The molecule has 3 nitrogen and oxygen atoms in total. The van der Waals surface area contributed by atoms with E-state index in [1.54, 1.807) is 0 Å². The summed E-state index contributed by atoms with van der Waals surface area (Å²) in [5.41, 5.74) is 2.02. The third kappa shape index (κ3) is 2.04. The van der Waals surface area contributed by atoms with Crippen LogP contribution in [-0.4, -0.2) is 11.6 Å². The quantitative estimate of drug-likeness (QED) is 0.846. The molecule has 110 valence electrons. The molecule has 0 atom stereocenters. The van der Waals surface area contributed by atoms with Crippen LogP contribution in [0.5, 0.6) is 5.88 Å².